The van der Waals surface area contributed by atoms with Gasteiger partial charge in [0.05, 0.1) is 5.75 Å². The molecule has 0 atom stereocenters. The zero-order valence-electron chi connectivity index (χ0n) is 9.02. The molecule has 7 heteroatoms. The number of hydrogen-bond acceptors (Lipinski definition) is 3. The van der Waals surface area contributed by atoms with Crippen molar-refractivity contribution in [3.8, 4) is 0 Å². The fourth-order valence-corrected chi connectivity index (χ4v) is 2.14. The predicted octanol–water partition coefficient (Wildman–Crippen LogP) is 0.330. The van der Waals surface area contributed by atoms with E-state index in [1.807, 2.05) is 0 Å². The van der Waals surface area contributed by atoms with E-state index >= 15 is 0 Å². The molecule has 0 aliphatic rings. The molecule has 5 nitrogen and oxygen atoms in total. The van der Waals surface area contributed by atoms with Gasteiger partial charge in [-0.25, -0.2) is 13.6 Å². The highest BCUT2D eigenvalue weighted by Gasteiger charge is 2.09. The zero-order chi connectivity index (χ0) is 12.9. The molecule has 3 N–H and O–H groups in total. The maximum absolute atomic E-state index is 11.0. The summed E-state index contributed by atoms with van der Waals surface area (Å²) in [5.74, 6) is -0.686. The van der Waals surface area contributed by atoms with E-state index in [0.29, 0.717) is 11.1 Å². The smallest absolute Gasteiger partial charge is 0.235 e. The second kappa shape index (κ2) is 6.00. The summed E-state index contributed by atoms with van der Waals surface area (Å²) in [5.41, 5.74) is 1.28. The predicted molar refractivity (Wildman–Crippen MR) is 65.8 cm³/mol. The molecule has 0 saturated carbocycles. The first-order valence-corrected chi connectivity index (χ1v) is 7.07. The van der Waals surface area contributed by atoms with E-state index in [1.165, 1.54) is 0 Å². The molecular formula is C10H13ClN2O3S. The van der Waals surface area contributed by atoms with Crippen molar-refractivity contribution in [3.63, 3.8) is 0 Å². The zero-order valence-corrected chi connectivity index (χ0v) is 10.6. The topological polar surface area (TPSA) is 89.3 Å². The van der Waals surface area contributed by atoms with Crippen LogP contribution >= 0.6 is 11.6 Å². The standard InChI is InChI=1S/C10H13ClN2O3S/c11-5-10(14)13-6-8-3-1-2-4-9(8)7-17(12,15)16/h1-4H,5-7H2,(H,13,14)(H2,12,15,16). The van der Waals surface area contributed by atoms with Crippen molar-refractivity contribution < 1.29 is 13.2 Å². The summed E-state index contributed by atoms with van der Waals surface area (Å²) in [4.78, 5) is 11.0. The summed E-state index contributed by atoms with van der Waals surface area (Å²) >= 11 is 5.34. The minimum absolute atomic E-state index is 0.128. The highest BCUT2D eigenvalue weighted by Crippen LogP contribution is 2.11. The number of halogens is 1. The number of sulfonamides is 1. The number of hydrogen-bond donors (Lipinski definition) is 2. The lowest BCUT2D eigenvalue weighted by atomic mass is 10.1. The Morgan fingerprint density at radius 2 is 1.88 bits per heavy atom. The number of alkyl halides is 1. The van der Waals surface area contributed by atoms with Gasteiger partial charge in [-0.1, -0.05) is 24.3 Å². The Kier molecular flexibility index (Phi) is 4.92. The van der Waals surface area contributed by atoms with Crippen molar-refractivity contribution >= 4 is 27.5 Å². The Balaban J connectivity index is 2.81. The van der Waals surface area contributed by atoms with Gasteiger partial charge in [-0.2, -0.15) is 0 Å². The van der Waals surface area contributed by atoms with Crippen LogP contribution in [0.5, 0.6) is 0 Å². The van der Waals surface area contributed by atoms with E-state index in [1.54, 1.807) is 24.3 Å². The highest BCUT2D eigenvalue weighted by atomic mass is 35.5. The molecule has 0 heterocycles. The van der Waals surface area contributed by atoms with Gasteiger partial charge in [0, 0.05) is 6.54 Å². The van der Waals surface area contributed by atoms with Gasteiger partial charge in [0.1, 0.15) is 5.88 Å². The van der Waals surface area contributed by atoms with E-state index in [0.717, 1.165) is 0 Å². The molecule has 1 aromatic carbocycles. The molecule has 0 aliphatic carbocycles. The summed E-state index contributed by atoms with van der Waals surface area (Å²) in [5, 5.41) is 7.55. The van der Waals surface area contributed by atoms with E-state index in [-0.39, 0.29) is 24.1 Å². The number of nitrogens with one attached hydrogen (secondary N) is 1. The molecule has 1 amide bonds. The lowest BCUT2D eigenvalue weighted by Crippen LogP contribution is -2.25. The Bertz CT molecular complexity index is 502. The van der Waals surface area contributed by atoms with Crippen LogP contribution < -0.4 is 10.5 Å². The lowest BCUT2D eigenvalue weighted by Gasteiger charge is -2.09. The molecule has 1 rings (SSSR count). The minimum atomic E-state index is -3.58. The molecule has 0 spiro atoms. The van der Waals surface area contributed by atoms with Crippen LogP contribution in [0.4, 0.5) is 0 Å². The van der Waals surface area contributed by atoms with Crippen molar-refractivity contribution in [2.75, 3.05) is 5.88 Å². The molecule has 94 valence electrons. The summed E-state index contributed by atoms with van der Waals surface area (Å²) in [6.45, 7) is 0.233. The van der Waals surface area contributed by atoms with Crippen LogP contribution in [0.25, 0.3) is 0 Å². The first-order chi connectivity index (χ1) is 7.92. The Morgan fingerprint density at radius 3 is 2.41 bits per heavy atom. The van der Waals surface area contributed by atoms with Gasteiger partial charge in [-0.05, 0) is 11.1 Å². The number of amides is 1. The number of primary sulfonamides is 1. The third kappa shape index (κ3) is 5.16. The number of carbonyl (C=O) groups excluding carboxylic acids is 1. The van der Waals surface area contributed by atoms with Crippen molar-refractivity contribution in [3.05, 3.63) is 35.4 Å². The molecule has 0 fully saturated rings. The summed E-state index contributed by atoms with van der Waals surface area (Å²) in [6.07, 6.45) is 0. The van der Waals surface area contributed by atoms with Crippen LogP contribution in [0.15, 0.2) is 24.3 Å². The van der Waals surface area contributed by atoms with Gasteiger partial charge in [0.15, 0.2) is 0 Å². The lowest BCUT2D eigenvalue weighted by molar-refractivity contribution is -0.118. The first-order valence-electron chi connectivity index (χ1n) is 4.82. The van der Waals surface area contributed by atoms with Crippen LogP contribution in [0, 0.1) is 0 Å². The van der Waals surface area contributed by atoms with Crippen LogP contribution in [-0.4, -0.2) is 20.2 Å². The van der Waals surface area contributed by atoms with E-state index in [2.05, 4.69) is 5.32 Å². The summed E-state index contributed by atoms with van der Waals surface area (Å²) in [6, 6.07) is 6.86. The number of nitrogens with two attached hydrogens (primary N) is 1. The van der Waals surface area contributed by atoms with Gasteiger partial charge in [-0.15, -0.1) is 11.6 Å². The van der Waals surface area contributed by atoms with Crippen molar-refractivity contribution in [2.24, 2.45) is 5.14 Å². The minimum Gasteiger partial charge on any atom is -0.351 e. The largest absolute Gasteiger partial charge is 0.351 e. The summed E-state index contributed by atoms with van der Waals surface area (Å²) in [7, 11) is -3.58. The third-order valence-electron chi connectivity index (χ3n) is 2.07. The number of rotatable bonds is 5. The van der Waals surface area contributed by atoms with Crippen LogP contribution in [0.2, 0.25) is 0 Å². The third-order valence-corrected chi connectivity index (χ3v) is 3.03. The normalized spacial score (nSPS) is 11.2. The monoisotopic (exact) mass is 276 g/mol. The molecule has 0 radical (unpaired) electrons. The number of benzene rings is 1. The molecule has 0 bridgehead atoms. The van der Waals surface area contributed by atoms with E-state index < -0.39 is 10.0 Å². The molecule has 0 aliphatic heterocycles. The molecule has 0 aromatic heterocycles. The van der Waals surface area contributed by atoms with Crippen molar-refractivity contribution in [1.82, 2.24) is 5.32 Å². The maximum atomic E-state index is 11.0. The quantitative estimate of drug-likeness (QED) is 0.760. The van der Waals surface area contributed by atoms with Gasteiger partial charge < -0.3 is 5.32 Å². The van der Waals surface area contributed by atoms with Gasteiger partial charge in [0.25, 0.3) is 0 Å². The van der Waals surface area contributed by atoms with E-state index in [9.17, 15) is 13.2 Å². The van der Waals surface area contributed by atoms with Crippen LogP contribution in [0.1, 0.15) is 11.1 Å². The second-order valence-corrected chi connectivity index (χ2v) is 5.37. The highest BCUT2D eigenvalue weighted by molar-refractivity contribution is 7.88. The number of carbonyl (C=O) groups is 1. The van der Waals surface area contributed by atoms with Gasteiger partial charge in [-0.3, -0.25) is 4.79 Å². The molecular weight excluding hydrogens is 264 g/mol. The summed E-state index contributed by atoms with van der Waals surface area (Å²) < 4.78 is 22.0. The first kappa shape index (κ1) is 14.0. The second-order valence-electron chi connectivity index (χ2n) is 3.49. The average molecular weight is 277 g/mol. The fraction of sp³-hybridized carbons (Fsp3) is 0.300. The van der Waals surface area contributed by atoms with Crippen molar-refractivity contribution in [1.29, 1.82) is 0 Å². The van der Waals surface area contributed by atoms with Gasteiger partial charge >= 0.3 is 0 Å². The molecule has 1 aromatic rings. The maximum Gasteiger partial charge on any atom is 0.235 e. The average Bonchev–Trinajstić information content (AvgIpc) is 2.25. The SMILES string of the molecule is NS(=O)(=O)Cc1ccccc1CNC(=O)CCl. The molecule has 17 heavy (non-hydrogen) atoms. The Labute approximate surface area is 105 Å². The van der Waals surface area contributed by atoms with E-state index in [4.69, 9.17) is 16.7 Å². The van der Waals surface area contributed by atoms with Crippen LogP contribution in [0.3, 0.4) is 0 Å². The molecule has 0 saturated heterocycles. The Morgan fingerprint density at radius 1 is 1.29 bits per heavy atom. The molecule has 0 unspecified atom stereocenters. The fourth-order valence-electron chi connectivity index (χ4n) is 1.33. The van der Waals surface area contributed by atoms with Crippen LogP contribution in [-0.2, 0) is 27.1 Å². The van der Waals surface area contributed by atoms with Gasteiger partial charge in [0.2, 0.25) is 15.9 Å². The Hall–Kier alpha value is -1.11. The van der Waals surface area contributed by atoms with Crippen molar-refractivity contribution in [2.45, 2.75) is 12.3 Å².